The number of rotatable bonds is 5. The first kappa shape index (κ1) is 14.8. The zero-order valence-corrected chi connectivity index (χ0v) is 12.6. The van der Waals surface area contributed by atoms with Gasteiger partial charge >= 0.3 is 5.69 Å². The topological polar surface area (TPSA) is 128 Å². The fourth-order valence-corrected chi connectivity index (χ4v) is 4.44. The number of anilines is 1. The molecule has 0 radical (unpaired) electrons. The van der Waals surface area contributed by atoms with Gasteiger partial charge in [0.15, 0.2) is 5.00 Å². The Morgan fingerprint density at radius 1 is 1.55 bits per heavy atom. The molecule has 11 heteroatoms. The zero-order valence-electron chi connectivity index (χ0n) is 10.2. The predicted molar refractivity (Wildman–Crippen MR) is 76.3 cm³/mol. The normalized spacial score (nSPS) is 11.7. The van der Waals surface area contributed by atoms with Crippen LogP contribution < -0.4 is 10.5 Å². The van der Waals surface area contributed by atoms with Crippen molar-refractivity contribution in [3.05, 3.63) is 32.3 Å². The van der Waals surface area contributed by atoms with E-state index < -0.39 is 20.6 Å². The van der Waals surface area contributed by atoms with Crippen molar-refractivity contribution in [2.75, 3.05) is 5.73 Å². The summed E-state index contributed by atoms with van der Waals surface area (Å²) in [6.45, 7) is 1.86. The maximum absolute atomic E-state index is 12.0. The van der Waals surface area contributed by atoms with E-state index in [1.807, 2.05) is 0 Å². The van der Waals surface area contributed by atoms with Crippen LogP contribution in [0.25, 0.3) is 0 Å². The lowest BCUT2D eigenvalue weighted by Crippen LogP contribution is -2.22. The van der Waals surface area contributed by atoms with Gasteiger partial charge in [0.2, 0.25) is 0 Å². The molecule has 0 amide bonds. The van der Waals surface area contributed by atoms with Crippen LogP contribution in [0.3, 0.4) is 0 Å². The number of hydrogen-bond acceptors (Lipinski definition) is 8. The predicted octanol–water partition coefficient (Wildman–Crippen LogP) is 1.48. The molecular formula is C9H10N4O4S3. The molecule has 108 valence electrons. The molecule has 0 saturated heterocycles. The van der Waals surface area contributed by atoms with Crippen LogP contribution in [0.1, 0.15) is 10.6 Å². The van der Waals surface area contributed by atoms with E-state index in [1.54, 1.807) is 12.4 Å². The minimum Gasteiger partial charge on any atom is -0.385 e. The Balaban J connectivity index is 2.20. The van der Waals surface area contributed by atoms with Gasteiger partial charge in [0.05, 0.1) is 16.1 Å². The van der Waals surface area contributed by atoms with Crippen LogP contribution >= 0.6 is 22.7 Å². The van der Waals surface area contributed by atoms with Crippen molar-refractivity contribution in [3.8, 4) is 0 Å². The molecule has 0 aliphatic heterocycles. The first-order valence-corrected chi connectivity index (χ1v) is 8.41. The average molecular weight is 334 g/mol. The molecule has 0 aliphatic carbocycles. The van der Waals surface area contributed by atoms with Crippen LogP contribution in [-0.2, 0) is 16.6 Å². The maximum atomic E-state index is 12.0. The molecule has 0 aliphatic rings. The summed E-state index contributed by atoms with van der Waals surface area (Å²) in [6, 6.07) is 0.960. The van der Waals surface area contributed by atoms with Gasteiger partial charge in [0.25, 0.3) is 10.0 Å². The zero-order chi connectivity index (χ0) is 14.9. The second-order valence-corrected chi connectivity index (χ2v) is 7.77. The van der Waals surface area contributed by atoms with E-state index >= 15 is 0 Å². The summed E-state index contributed by atoms with van der Waals surface area (Å²) in [5.41, 5.74) is 7.39. The molecule has 0 spiro atoms. The number of nitrogens with one attached hydrogen (secondary N) is 1. The van der Waals surface area contributed by atoms with Crippen molar-refractivity contribution < 1.29 is 13.3 Å². The fourth-order valence-electron chi connectivity index (χ4n) is 1.38. The SMILES string of the molecule is Cc1ncsc1CNS(=O)(=O)c1cc([N+](=O)[O-])c(N)s1. The second kappa shape index (κ2) is 5.44. The molecule has 0 aromatic carbocycles. The number of nitrogen functional groups attached to an aromatic ring is 1. The molecule has 20 heavy (non-hydrogen) atoms. The number of aryl methyl sites for hydroxylation is 1. The molecule has 2 rings (SSSR count). The van der Waals surface area contributed by atoms with Gasteiger partial charge in [-0.05, 0) is 6.92 Å². The van der Waals surface area contributed by atoms with Gasteiger partial charge in [0, 0.05) is 17.5 Å². The van der Waals surface area contributed by atoms with E-state index in [0.717, 1.165) is 16.6 Å². The van der Waals surface area contributed by atoms with E-state index in [9.17, 15) is 18.5 Å². The standard InChI is InChI=1S/C9H10N4O4S3/c1-5-7(18-4-11-5)3-12-20(16,17)8-2-6(13(14)15)9(10)19-8/h2,4,12H,3,10H2,1H3. The molecule has 0 bridgehead atoms. The summed E-state index contributed by atoms with van der Waals surface area (Å²) in [6.07, 6.45) is 0. The Labute approximate surface area is 122 Å². The Bertz CT molecular complexity index is 749. The Kier molecular flexibility index (Phi) is 4.04. The van der Waals surface area contributed by atoms with Crippen LogP contribution in [-0.4, -0.2) is 18.3 Å². The van der Waals surface area contributed by atoms with Gasteiger partial charge in [-0.15, -0.1) is 11.3 Å². The molecule has 2 heterocycles. The first-order chi connectivity index (χ1) is 9.31. The largest absolute Gasteiger partial charge is 0.385 e. The van der Waals surface area contributed by atoms with Crippen molar-refractivity contribution in [1.82, 2.24) is 9.71 Å². The number of nitro groups is 1. The summed E-state index contributed by atoms with van der Waals surface area (Å²) >= 11 is 2.00. The second-order valence-electron chi connectivity index (χ2n) is 3.76. The number of thiophene rings is 1. The highest BCUT2D eigenvalue weighted by molar-refractivity contribution is 7.91. The highest BCUT2D eigenvalue weighted by Gasteiger charge is 2.24. The van der Waals surface area contributed by atoms with E-state index in [2.05, 4.69) is 9.71 Å². The molecule has 0 atom stereocenters. The van der Waals surface area contributed by atoms with Gasteiger partial charge in [0.1, 0.15) is 4.21 Å². The lowest BCUT2D eigenvalue weighted by atomic mass is 10.4. The highest BCUT2D eigenvalue weighted by atomic mass is 32.2. The monoisotopic (exact) mass is 334 g/mol. The molecule has 3 N–H and O–H groups in total. The van der Waals surface area contributed by atoms with E-state index in [-0.39, 0.29) is 15.8 Å². The van der Waals surface area contributed by atoms with Crippen molar-refractivity contribution in [2.45, 2.75) is 17.7 Å². The molecule has 8 nitrogen and oxygen atoms in total. The number of nitrogens with zero attached hydrogens (tertiary/aromatic N) is 2. The van der Waals surface area contributed by atoms with Gasteiger partial charge in [-0.1, -0.05) is 11.3 Å². The van der Waals surface area contributed by atoms with Crippen molar-refractivity contribution in [3.63, 3.8) is 0 Å². The third kappa shape index (κ3) is 2.95. The van der Waals surface area contributed by atoms with Gasteiger partial charge in [-0.3, -0.25) is 10.1 Å². The lowest BCUT2D eigenvalue weighted by Gasteiger charge is -2.02. The number of nitrogens with two attached hydrogens (primary N) is 1. The summed E-state index contributed by atoms with van der Waals surface area (Å²) in [5.74, 6) is 0. The summed E-state index contributed by atoms with van der Waals surface area (Å²) in [5, 5.41) is 10.5. The highest BCUT2D eigenvalue weighted by Crippen LogP contribution is 2.34. The number of hydrogen-bond donors (Lipinski definition) is 2. The minimum absolute atomic E-state index is 0.0877. The van der Waals surface area contributed by atoms with Crippen LogP contribution in [0.5, 0.6) is 0 Å². The van der Waals surface area contributed by atoms with Crippen LogP contribution in [0, 0.1) is 17.0 Å². The van der Waals surface area contributed by atoms with Gasteiger partial charge in [-0.2, -0.15) is 0 Å². The van der Waals surface area contributed by atoms with Crippen LogP contribution in [0.2, 0.25) is 0 Å². The third-order valence-electron chi connectivity index (χ3n) is 2.45. The molecule has 0 unspecified atom stereocenters. The quantitative estimate of drug-likeness (QED) is 0.629. The number of thiazole rings is 1. The lowest BCUT2D eigenvalue weighted by molar-refractivity contribution is -0.383. The van der Waals surface area contributed by atoms with Crippen molar-refractivity contribution >= 4 is 43.4 Å². The molecule has 2 aromatic rings. The Morgan fingerprint density at radius 2 is 2.25 bits per heavy atom. The number of aromatic nitrogens is 1. The van der Waals surface area contributed by atoms with E-state index in [0.29, 0.717) is 11.3 Å². The van der Waals surface area contributed by atoms with Crippen molar-refractivity contribution in [2.24, 2.45) is 0 Å². The fraction of sp³-hybridized carbons (Fsp3) is 0.222. The minimum atomic E-state index is -3.83. The Morgan fingerprint density at radius 3 is 2.75 bits per heavy atom. The van der Waals surface area contributed by atoms with Crippen molar-refractivity contribution in [1.29, 1.82) is 0 Å². The first-order valence-electron chi connectivity index (χ1n) is 5.23. The summed E-state index contributed by atoms with van der Waals surface area (Å²) in [7, 11) is -3.83. The summed E-state index contributed by atoms with van der Waals surface area (Å²) < 4.78 is 26.3. The third-order valence-corrected chi connectivity index (χ3v) is 6.21. The smallest absolute Gasteiger partial charge is 0.304 e. The Hall–Kier alpha value is -1.56. The average Bonchev–Trinajstić information content (AvgIpc) is 2.93. The molecule has 0 saturated carbocycles. The molecule has 2 aromatic heterocycles. The van der Waals surface area contributed by atoms with Crippen LogP contribution in [0.15, 0.2) is 15.8 Å². The number of sulfonamides is 1. The van der Waals surface area contributed by atoms with Crippen LogP contribution in [0.4, 0.5) is 10.7 Å². The summed E-state index contributed by atoms with van der Waals surface area (Å²) in [4.78, 5) is 14.7. The maximum Gasteiger partial charge on any atom is 0.304 e. The molecule has 0 fully saturated rings. The van der Waals surface area contributed by atoms with Gasteiger partial charge in [-0.25, -0.2) is 18.1 Å². The van der Waals surface area contributed by atoms with E-state index in [1.165, 1.54) is 11.3 Å². The van der Waals surface area contributed by atoms with Gasteiger partial charge < -0.3 is 5.73 Å². The molecular weight excluding hydrogens is 324 g/mol. The van der Waals surface area contributed by atoms with E-state index in [4.69, 9.17) is 5.73 Å².